The molecule has 0 bridgehead atoms. The van der Waals surface area contributed by atoms with Gasteiger partial charge in [0.05, 0.1) is 4.90 Å². The Kier molecular flexibility index (Phi) is 7.60. The zero-order chi connectivity index (χ0) is 21.7. The maximum absolute atomic E-state index is 12.3. The Bertz CT molecular complexity index is 797. The topological polar surface area (TPSA) is 93.2 Å². The van der Waals surface area contributed by atoms with Gasteiger partial charge in [0.2, 0.25) is 10.0 Å². The zero-order valence-corrected chi connectivity index (χ0v) is 18.8. The van der Waals surface area contributed by atoms with E-state index in [1.54, 1.807) is 12.1 Å². The van der Waals surface area contributed by atoms with Gasteiger partial charge in [-0.25, -0.2) is 17.9 Å². The van der Waals surface area contributed by atoms with Crippen molar-refractivity contribution in [1.29, 1.82) is 0 Å². The third-order valence-corrected chi connectivity index (χ3v) is 7.69. The van der Waals surface area contributed by atoms with Crippen molar-refractivity contribution in [3.63, 3.8) is 0 Å². The molecule has 1 aromatic rings. The van der Waals surface area contributed by atoms with Crippen LogP contribution in [-0.4, -0.2) is 81.3 Å². The van der Waals surface area contributed by atoms with Crippen LogP contribution >= 0.6 is 0 Å². The lowest BCUT2D eigenvalue weighted by Crippen LogP contribution is -2.47. The standard InChI is InChI=1S/C21H34N4O4S/c1-17(2)22-30(28,29)20-5-3-19(4-6-20)24-15-13-23(14-16-24)10-7-18-8-11-25(12-9-18)21(26)27/h3-6,17-18,22H,7-16H2,1-2H3,(H,26,27). The first kappa shape index (κ1) is 22.8. The predicted molar refractivity (Wildman–Crippen MR) is 117 cm³/mol. The highest BCUT2D eigenvalue weighted by molar-refractivity contribution is 7.89. The fourth-order valence-electron chi connectivity index (χ4n) is 4.22. The Morgan fingerprint density at radius 1 is 1.07 bits per heavy atom. The van der Waals surface area contributed by atoms with Crippen molar-refractivity contribution in [2.75, 3.05) is 50.7 Å². The molecular formula is C21H34N4O4S. The molecule has 2 aliphatic heterocycles. The number of nitrogens with zero attached hydrogens (tertiary/aromatic N) is 3. The minimum atomic E-state index is -3.45. The molecule has 1 aromatic carbocycles. The summed E-state index contributed by atoms with van der Waals surface area (Å²) in [5.74, 6) is 0.618. The molecule has 0 radical (unpaired) electrons. The van der Waals surface area contributed by atoms with Crippen molar-refractivity contribution in [2.45, 2.75) is 44.0 Å². The molecule has 3 rings (SSSR count). The molecule has 0 aliphatic carbocycles. The van der Waals surface area contributed by atoms with Crippen LogP contribution in [0.2, 0.25) is 0 Å². The van der Waals surface area contributed by atoms with Crippen molar-refractivity contribution < 1.29 is 18.3 Å². The normalized spacial score (nSPS) is 19.4. The number of anilines is 1. The van der Waals surface area contributed by atoms with Gasteiger partial charge in [-0.2, -0.15) is 0 Å². The SMILES string of the molecule is CC(C)NS(=O)(=O)c1ccc(N2CCN(CCC3CCN(C(=O)O)CC3)CC2)cc1. The fraction of sp³-hybridized carbons (Fsp3) is 0.667. The number of rotatable bonds is 7. The molecule has 9 heteroatoms. The van der Waals surface area contributed by atoms with Gasteiger partial charge in [0.25, 0.3) is 0 Å². The number of sulfonamides is 1. The fourth-order valence-corrected chi connectivity index (χ4v) is 5.47. The number of nitrogens with one attached hydrogen (secondary N) is 1. The summed E-state index contributed by atoms with van der Waals surface area (Å²) in [5, 5.41) is 9.05. The molecule has 2 heterocycles. The van der Waals surface area contributed by atoms with Crippen molar-refractivity contribution in [3.8, 4) is 0 Å². The molecule has 0 atom stereocenters. The van der Waals surface area contributed by atoms with Crippen LogP contribution in [0.1, 0.15) is 33.1 Å². The first-order valence-corrected chi connectivity index (χ1v) is 12.3. The first-order chi connectivity index (χ1) is 14.2. The van der Waals surface area contributed by atoms with E-state index in [0.717, 1.165) is 57.7 Å². The van der Waals surface area contributed by atoms with Gasteiger partial charge in [0.15, 0.2) is 0 Å². The molecule has 2 fully saturated rings. The van der Waals surface area contributed by atoms with Crippen molar-refractivity contribution >= 4 is 21.8 Å². The monoisotopic (exact) mass is 438 g/mol. The summed E-state index contributed by atoms with van der Waals surface area (Å²) in [5.41, 5.74) is 1.05. The number of likely N-dealkylation sites (tertiary alicyclic amines) is 1. The first-order valence-electron chi connectivity index (χ1n) is 10.8. The highest BCUT2D eigenvalue weighted by Crippen LogP contribution is 2.23. The summed E-state index contributed by atoms with van der Waals surface area (Å²) in [6.07, 6.45) is 2.26. The lowest BCUT2D eigenvalue weighted by Gasteiger charge is -2.37. The van der Waals surface area contributed by atoms with E-state index in [4.69, 9.17) is 5.11 Å². The molecule has 8 nitrogen and oxygen atoms in total. The van der Waals surface area contributed by atoms with Gasteiger partial charge >= 0.3 is 6.09 Å². The molecular weight excluding hydrogens is 404 g/mol. The number of piperidine rings is 1. The van der Waals surface area contributed by atoms with Crippen LogP contribution in [0, 0.1) is 5.92 Å². The Morgan fingerprint density at radius 3 is 2.20 bits per heavy atom. The van der Waals surface area contributed by atoms with Crippen LogP contribution in [0.5, 0.6) is 0 Å². The summed E-state index contributed by atoms with van der Waals surface area (Å²) in [6, 6.07) is 7.00. The zero-order valence-electron chi connectivity index (χ0n) is 18.0. The van der Waals surface area contributed by atoms with Crippen molar-refractivity contribution in [2.24, 2.45) is 5.92 Å². The summed E-state index contributed by atoms with van der Waals surface area (Å²) in [6.45, 7) is 9.82. The average Bonchev–Trinajstić information content (AvgIpc) is 2.72. The van der Waals surface area contributed by atoms with E-state index in [9.17, 15) is 13.2 Å². The average molecular weight is 439 g/mol. The second kappa shape index (κ2) is 9.98. The van der Waals surface area contributed by atoms with Gasteiger partial charge in [-0.05, 0) is 69.8 Å². The number of amides is 1. The summed E-state index contributed by atoms with van der Waals surface area (Å²) >= 11 is 0. The van der Waals surface area contributed by atoms with E-state index in [2.05, 4.69) is 14.5 Å². The van der Waals surface area contributed by atoms with E-state index >= 15 is 0 Å². The quantitative estimate of drug-likeness (QED) is 0.678. The predicted octanol–water partition coefficient (Wildman–Crippen LogP) is 2.28. The lowest BCUT2D eigenvalue weighted by atomic mass is 9.93. The van der Waals surface area contributed by atoms with E-state index in [1.807, 2.05) is 26.0 Å². The smallest absolute Gasteiger partial charge is 0.407 e. The molecule has 2 saturated heterocycles. The molecule has 30 heavy (non-hydrogen) atoms. The maximum atomic E-state index is 12.3. The molecule has 0 unspecified atom stereocenters. The highest BCUT2D eigenvalue weighted by Gasteiger charge is 2.24. The summed E-state index contributed by atoms with van der Waals surface area (Å²) in [7, 11) is -3.45. The van der Waals surface area contributed by atoms with Crippen LogP contribution in [0.15, 0.2) is 29.2 Å². The van der Waals surface area contributed by atoms with Crippen LogP contribution in [0.3, 0.4) is 0 Å². The van der Waals surface area contributed by atoms with Gasteiger partial charge in [0.1, 0.15) is 0 Å². The second-order valence-corrected chi connectivity index (χ2v) is 10.3. The van der Waals surface area contributed by atoms with Crippen LogP contribution < -0.4 is 9.62 Å². The second-order valence-electron chi connectivity index (χ2n) is 8.60. The number of piperazine rings is 1. The van der Waals surface area contributed by atoms with E-state index < -0.39 is 16.1 Å². The van der Waals surface area contributed by atoms with E-state index in [0.29, 0.717) is 23.9 Å². The Labute approximate surface area is 179 Å². The van der Waals surface area contributed by atoms with Crippen LogP contribution in [0.4, 0.5) is 10.5 Å². The van der Waals surface area contributed by atoms with Crippen LogP contribution in [0.25, 0.3) is 0 Å². The molecule has 2 aliphatic rings. The van der Waals surface area contributed by atoms with Gasteiger partial charge in [0, 0.05) is 51.0 Å². The Balaban J connectivity index is 1.43. The Morgan fingerprint density at radius 2 is 1.67 bits per heavy atom. The van der Waals surface area contributed by atoms with Gasteiger partial charge in [-0.1, -0.05) is 0 Å². The number of hydrogen-bond donors (Lipinski definition) is 2. The van der Waals surface area contributed by atoms with Crippen molar-refractivity contribution in [3.05, 3.63) is 24.3 Å². The maximum Gasteiger partial charge on any atom is 0.407 e. The van der Waals surface area contributed by atoms with Crippen molar-refractivity contribution in [1.82, 2.24) is 14.5 Å². The third kappa shape index (κ3) is 6.09. The van der Waals surface area contributed by atoms with Gasteiger partial charge in [-0.3, -0.25) is 4.90 Å². The molecule has 168 valence electrons. The summed E-state index contributed by atoms with van der Waals surface area (Å²) < 4.78 is 27.1. The summed E-state index contributed by atoms with van der Waals surface area (Å²) in [4.78, 5) is 17.6. The number of carbonyl (C=O) groups is 1. The lowest BCUT2D eigenvalue weighted by molar-refractivity contribution is 0.119. The molecule has 1 amide bonds. The van der Waals surface area contributed by atoms with Gasteiger partial charge in [-0.15, -0.1) is 0 Å². The number of carboxylic acid groups (broad SMARTS) is 1. The molecule has 0 spiro atoms. The van der Waals surface area contributed by atoms with Gasteiger partial charge < -0.3 is 14.9 Å². The molecule has 2 N–H and O–H groups in total. The Hall–Kier alpha value is -1.84. The molecule has 0 saturated carbocycles. The number of benzene rings is 1. The van der Waals surface area contributed by atoms with E-state index in [-0.39, 0.29) is 6.04 Å². The minimum absolute atomic E-state index is 0.132. The largest absolute Gasteiger partial charge is 0.465 e. The highest BCUT2D eigenvalue weighted by atomic mass is 32.2. The number of hydrogen-bond acceptors (Lipinski definition) is 5. The van der Waals surface area contributed by atoms with E-state index in [1.165, 1.54) is 4.90 Å². The minimum Gasteiger partial charge on any atom is -0.465 e. The van der Waals surface area contributed by atoms with Crippen LogP contribution in [-0.2, 0) is 10.0 Å². The third-order valence-electron chi connectivity index (χ3n) is 6.01. The molecule has 0 aromatic heterocycles.